The summed E-state index contributed by atoms with van der Waals surface area (Å²) in [6, 6.07) is 24.1. The summed E-state index contributed by atoms with van der Waals surface area (Å²) in [5.41, 5.74) is 2.85. The molecule has 0 spiro atoms. The minimum absolute atomic E-state index is 0.00277. The number of benzene rings is 3. The smallest absolute Gasteiger partial charge is 0.283 e. The molecule has 3 aromatic carbocycles. The highest BCUT2D eigenvalue weighted by Gasteiger charge is 2.32. The lowest BCUT2D eigenvalue weighted by Gasteiger charge is -2.17. The van der Waals surface area contributed by atoms with E-state index in [1.807, 2.05) is 54.6 Å². The van der Waals surface area contributed by atoms with Crippen LogP contribution in [0, 0.1) is 17.1 Å². The second-order valence-electron chi connectivity index (χ2n) is 7.78. The molecular weight excluding hydrogens is 477 g/mol. The fourth-order valence-electron chi connectivity index (χ4n) is 3.65. The van der Waals surface area contributed by atoms with Crippen LogP contribution in [-0.2, 0) is 4.79 Å². The normalized spacial score (nSPS) is 15.2. The van der Waals surface area contributed by atoms with Gasteiger partial charge in [-0.3, -0.25) is 9.69 Å². The summed E-state index contributed by atoms with van der Waals surface area (Å²) in [5, 5.41) is 20.8. The van der Waals surface area contributed by atoms with Gasteiger partial charge in [-0.2, -0.15) is 5.26 Å². The number of nitrogens with zero attached hydrogens (tertiary/aromatic N) is 4. The van der Waals surface area contributed by atoms with Gasteiger partial charge in [0.15, 0.2) is 11.0 Å². The molecule has 0 unspecified atom stereocenters. The lowest BCUT2D eigenvalue weighted by Crippen LogP contribution is -2.30. The molecule has 0 saturated carbocycles. The van der Waals surface area contributed by atoms with Crippen molar-refractivity contribution in [1.82, 2.24) is 9.97 Å². The Bertz CT molecular complexity index is 1550. The summed E-state index contributed by atoms with van der Waals surface area (Å²) < 4.78 is 13.5. The molecule has 1 aliphatic heterocycles. The quantitative estimate of drug-likeness (QED) is 0.211. The number of hydrogen-bond acceptors (Lipinski definition) is 6. The molecule has 176 valence electrons. The second kappa shape index (κ2) is 9.90. The van der Waals surface area contributed by atoms with Crippen LogP contribution >= 0.6 is 11.8 Å². The molecule has 0 fully saturated rings. The Morgan fingerprint density at radius 3 is 2.53 bits per heavy atom. The van der Waals surface area contributed by atoms with Crippen molar-refractivity contribution in [2.45, 2.75) is 0 Å². The summed E-state index contributed by atoms with van der Waals surface area (Å²) in [4.78, 5) is 26.5. The van der Waals surface area contributed by atoms with E-state index in [0.717, 1.165) is 22.8 Å². The van der Waals surface area contributed by atoms with Gasteiger partial charge in [-0.1, -0.05) is 54.2 Å². The Morgan fingerprint density at radius 1 is 1.08 bits per heavy atom. The van der Waals surface area contributed by atoms with Crippen LogP contribution in [0.4, 0.5) is 10.1 Å². The highest BCUT2D eigenvalue weighted by atomic mass is 32.2. The number of nitriles is 1. The van der Waals surface area contributed by atoms with Crippen molar-refractivity contribution in [2.75, 3.05) is 10.7 Å². The molecule has 2 heterocycles. The van der Waals surface area contributed by atoms with Gasteiger partial charge in [-0.05, 0) is 48.0 Å². The zero-order chi connectivity index (χ0) is 25.1. The third-order valence-electron chi connectivity index (χ3n) is 5.38. The van der Waals surface area contributed by atoms with Crippen molar-refractivity contribution in [2.24, 2.45) is 4.99 Å². The van der Waals surface area contributed by atoms with E-state index in [2.05, 4.69) is 15.0 Å². The maximum Gasteiger partial charge on any atom is 0.283 e. The minimum atomic E-state index is -0.429. The zero-order valence-electron chi connectivity index (χ0n) is 18.7. The first kappa shape index (κ1) is 23.1. The minimum Gasteiger partial charge on any atom is -0.510 e. The van der Waals surface area contributed by atoms with E-state index in [0.29, 0.717) is 16.4 Å². The number of aliphatic hydroxyl groups is 1. The molecule has 5 rings (SSSR count). The summed E-state index contributed by atoms with van der Waals surface area (Å²) in [5.74, 6) is -0.809. The van der Waals surface area contributed by atoms with Gasteiger partial charge in [-0.15, -0.1) is 0 Å². The third-order valence-corrected chi connectivity index (χ3v) is 6.33. The first-order chi connectivity index (χ1) is 17.5. The van der Waals surface area contributed by atoms with Crippen LogP contribution in [0.2, 0.25) is 0 Å². The number of imidazole rings is 1. The summed E-state index contributed by atoms with van der Waals surface area (Å²) in [6.45, 7) is 0. The zero-order valence-corrected chi connectivity index (χ0v) is 19.5. The molecule has 0 bridgehead atoms. The number of amidine groups is 1. The number of aromatic nitrogens is 2. The number of carbonyl (C=O) groups is 1. The molecular formula is C27H18FN5O2S. The third kappa shape index (κ3) is 4.62. The molecule has 4 aromatic rings. The number of amides is 1. The molecule has 7 nitrogen and oxygen atoms in total. The average Bonchev–Trinajstić information content (AvgIpc) is 3.45. The van der Waals surface area contributed by atoms with E-state index in [-0.39, 0.29) is 34.5 Å². The lowest BCUT2D eigenvalue weighted by molar-refractivity contribution is -0.113. The molecule has 0 saturated heterocycles. The highest BCUT2D eigenvalue weighted by molar-refractivity contribution is 8.14. The van der Waals surface area contributed by atoms with Crippen molar-refractivity contribution in [3.63, 3.8) is 0 Å². The number of anilines is 1. The van der Waals surface area contributed by atoms with Gasteiger partial charge < -0.3 is 10.1 Å². The number of H-pyrrole nitrogens is 1. The van der Waals surface area contributed by atoms with Gasteiger partial charge in [-0.25, -0.2) is 14.4 Å². The van der Waals surface area contributed by atoms with E-state index >= 15 is 0 Å². The first-order valence-corrected chi connectivity index (χ1v) is 11.9. The number of fused-ring (bicyclic) bond motifs is 1. The molecule has 0 radical (unpaired) electrons. The number of allylic oxidation sites excluding steroid dienone is 1. The van der Waals surface area contributed by atoms with Crippen LogP contribution < -0.4 is 4.90 Å². The summed E-state index contributed by atoms with van der Waals surface area (Å²) in [6.07, 6.45) is 1.66. The predicted molar refractivity (Wildman–Crippen MR) is 139 cm³/mol. The Hall–Kier alpha value is -4.68. The lowest BCUT2D eigenvalue weighted by atomic mass is 10.2. The number of halogens is 1. The van der Waals surface area contributed by atoms with Crippen molar-refractivity contribution < 1.29 is 14.3 Å². The number of aromatic amines is 1. The Labute approximate surface area is 209 Å². The van der Waals surface area contributed by atoms with Crippen LogP contribution in [0.1, 0.15) is 11.4 Å². The number of aliphatic imine (C=N–C) groups is 1. The van der Waals surface area contributed by atoms with Crippen molar-refractivity contribution in [1.29, 1.82) is 5.26 Å². The topological polar surface area (TPSA) is 105 Å². The van der Waals surface area contributed by atoms with Gasteiger partial charge in [0, 0.05) is 0 Å². The number of hydrogen-bond donors (Lipinski definition) is 2. The maximum atomic E-state index is 13.5. The standard InChI is InChI=1S/C27H18FN5O2S/c28-18-10-12-19(13-11-18)33-26(35)23(14-17-6-2-1-3-7-17)32-27(33)36-16-24(34)20(15-29)25-30-21-8-4-5-9-22(21)31-25/h1-14,34H,16H2,(H,30,31)/b23-14+,24-20-. The van der Waals surface area contributed by atoms with Gasteiger partial charge >= 0.3 is 0 Å². The molecule has 2 N–H and O–H groups in total. The molecule has 1 aliphatic rings. The fourth-order valence-corrected chi connectivity index (χ4v) is 4.54. The maximum absolute atomic E-state index is 13.5. The van der Waals surface area contributed by atoms with Crippen LogP contribution in [-0.4, -0.2) is 31.9 Å². The predicted octanol–water partition coefficient (Wildman–Crippen LogP) is 5.67. The van der Waals surface area contributed by atoms with Gasteiger partial charge in [0.2, 0.25) is 0 Å². The molecule has 0 atom stereocenters. The highest BCUT2D eigenvalue weighted by Crippen LogP contribution is 2.31. The van der Waals surface area contributed by atoms with Crippen LogP contribution in [0.25, 0.3) is 22.7 Å². The number of para-hydroxylation sites is 2. The summed E-state index contributed by atoms with van der Waals surface area (Å²) >= 11 is 1.08. The number of aliphatic hydroxyl groups excluding tert-OH is 1. The van der Waals surface area contributed by atoms with Crippen LogP contribution in [0.15, 0.2) is 95.3 Å². The first-order valence-electron chi connectivity index (χ1n) is 10.9. The monoisotopic (exact) mass is 495 g/mol. The van der Waals surface area contributed by atoms with Gasteiger partial charge in [0.05, 0.1) is 22.5 Å². The van der Waals surface area contributed by atoms with Gasteiger partial charge in [0.25, 0.3) is 5.91 Å². The van der Waals surface area contributed by atoms with E-state index < -0.39 is 5.82 Å². The summed E-state index contributed by atoms with van der Waals surface area (Å²) in [7, 11) is 0. The average molecular weight is 496 g/mol. The molecule has 1 aromatic heterocycles. The van der Waals surface area contributed by atoms with E-state index in [4.69, 9.17) is 0 Å². The van der Waals surface area contributed by atoms with Crippen molar-refractivity contribution in [3.8, 4) is 6.07 Å². The van der Waals surface area contributed by atoms with Crippen LogP contribution in [0.5, 0.6) is 0 Å². The molecule has 1 amide bonds. The molecule has 36 heavy (non-hydrogen) atoms. The second-order valence-corrected chi connectivity index (χ2v) is 8.72. The van der Waals surface area contributed by atoms with E-state index in [9.17, 15) is 19.6 Å². The largest absolute Gasteiger partial charge is 0.510 e. The number of nitrogens with one attached hydrogen (secondary N) is 1. The number of rotatable bonds is 5. The van der Waals surface area contributed by atoms with Crippen LogP contribution in [0.3, 0.4) is 0 Å². The number of thioether (sulfide) groups is 1. The van der Waals surface area contributed by atoms with Crippen molar-refractivity contribution in [3.05, 3.63) is 108 Å². The van der Waals surface area contributed by atoms with E-state index in [1.54, 1.807) is 12.1 Å². The molecule has 0 aliphatic carbocycles. The Morgan fingerprint density at radius 2 is 1.81 bits per heavy atom. The Kier molecular flexibility index (Phi) is 6.34. The Balaban J connectivity index is 1.46. The van der Waals surface area contributed by atoms with E-state index in [1.165, 1.54) is 29.2 Å². The SMILES string of the molecule is N#C/C(=C(/O)CSC1=N/C(=C/c2ccccc2)C(=O)N1c1ccc(F)cc1)c1nc2ccccc2[nH]1. The molecule has 9 heteroatoms. The number of carbonyl (C=O) groups excluding carboxylic acids is 1. The van der Waals surface area contributed by atoms with Gasteiger partial charge in [0.1, 0.15) is 28.9 Å². The van der Waals surface area contributed by atoms with Crippen molar-refractivity contribution >= 4 is 51.2 Å². The fraction of sp³-hybridized carbons (Fsp3) is 0.0370.